The monoisotopic (exact) mass is 380 g/mol. The third-order valence-electron chi connectivity index (χ3n) is 5.22. The molecule has 0 unspecified atom stereocenters. The van der Waals surface area contributed by atoms with Crippen LogP contribution in [0.15, 0.2) is 5.38 Å². The number of unbranched alkanes of at least 4 members (excludes halogenated alkanes) is 3. The average Bonchev–Trinajstić information content (AvgIpc) is 3.24. The molecule has 2 aliphatic heterocycles. The van der Waals surface area contributed by atoms with E-state index in [9.17, 15) is 9.59 Å². The van der Waals surface area contributed by atoms with Crippen molar-refractivity contribution in [2.75, 3.05) is 38.5 Å². The summed E-state index contributed by atoms with van der Waals surface area (Å²) in [5.41, 5.74) is 0.0628. The smallest absolute Gasteiger partial charge is 0.410 e. The maximum Gasteiger partial charge on any atom is 0.410 e. The minimum Gasteiger partial charge on any atom is -0.441 e. The van der Waals surface area contributed by atoms with Gasteiger partial charge >= 0.3 is 6.09 Å². The highest BCUT2D eigenvalue weighted by Crippen LogP contribution is 2.34. The van der Waals surface area contributed by atoms with Crippen molar-refractivity contribution in [1.29, 1.82) is 0 Å². The number of anilines is 1. The molecular weight excluding hydrogens is 352 g/mol. The molecule has 0 aromatic carbocycles. The zero-order valence-electron chi connectivity index (χ0n) is 15.6. The van der Waals surface area contributed by atoms with Gasteiger partial charge in [-0.3, -0.25) is 4.79 Å². The van der Waals surface area contributed by atoms with E-state index in [0.717, 1.165) is 24.5 Å². The summed E-state index contributed by atoms with van der Waals surface area (Å²) in [6.07, 6.45) is 5.76. The standard InChI is InChI=1S/C18H28N4O3S/c1-3-4-5-6-9-22-13-18(25-17(22)24)7-10-21(11-8-18)15(23)14-12-26-16(19-2)20-14/h12H,3-11,13H2,1-2H3,(H,19,20). The first-order valence-corrected chi connectivity index (χ1v) is 10.4. The van der Waals surface area contributed by atoms with Gasteiger partial charge in [0, 0.05) is 44.9 Å². The summed E-state index contributed by atoms with van der Waals surface area (Å²) >= 11 is 1.43. The number of carbonyl (C=O) groups is 2. The summed E-state index contributed by atoms with van der Waals surface area (Å²) in [6, 6.07) is 0. The molecule has 26 heavy (non-hydrogen) atoms. The van der Waals surface area contributed by atoms with Gasteiger partial charge in [-0.05, 0) is 6.42 Å². The van der Waals surface area contributed by atoms with E-state index in [1.165, 1.54) is 24.2 Å². The second-order valence-corrected chi connectivity index (χ2v) is 7.97. The van der Waals surface area contributed by atoms with Crippen LogP contribution >= 0.6 is 11.3 Å². The van der Waals surface area contributed by atoms with E-state index in [-0.39, 0.29) is 12.0 Å². The molecule has 144 valence electrons. The number of aromatic nitrogens is 1. The average molecular weight is 381 g/mol. The quantitative estimate of drug-likeness (QED) is 0.735. The highest BCUT2D eigenvalue weighted by Gasteiger charge is 2.47. The first kappa shape index (κ1) is 18.9. The molecule has 3 rings (SSSR count). The van der Waals surface area contributed by atoms with E-state index < -0.39 is 5.60 Å². The van der Waals surface area contributed by atoms with Gasteiger partial charge < -0.3 is 19.9 Å². The molecule has 2 amide bonds. The van der Waals surface area contributed by atoms with E-state index in [1.807, 2.05) is 9.80 Å². The predicted octanol–water partition coefficient (Wildman–Crippen LogP) is 3.19. The van der Waals surface area contributed by atoms with Crippen LogP contribution in [0.4, 0.5) is 9.93 Å². The molecule has 2 aliphatic rings. The SMILES string of the molecule is CCCCCCN1CC2(CCN(C(=O)c3csc(NC)n3)CC2)OC1=O. The molecule has 0 radical (unpaired) electrons. The Morgan fingerprint density at radius 2 is 2.12 bits per heavy atom. The van der Waals surface area contributed by atoms with Crippen molar-refractivity contribution in [3.05, 3.63) is 11.1 Å². The van der Waals surface area contributed by atoms with E-state index in [4.69, 9.17) is 4.74 Å². The Balaban J connectivity index is 1.51. The van der Waals surface area contributed by atoms with E-state index in [2.05, 4.69) is 17.2 Å². The Kier molecular flexibility index (Phi) is 6.01. The highest BCUT2D eigenvalue weighted by molar-refractivity contribution is 7.13. The number of likely N-dealkylation sites (tertiary alicyclic amines) is 1. The summed E-state index contributed by atoms with van der Waals surface area (Å²) in [6.45, 7) is 4.80. The van der Waals surface area contributed by atoms with Crippen molar-refractivity contribution in [3.63, 3.8) is 0 Å². The van der Waals surface area contributed by atoms with E-state index in [0.29, 0.717) is 38.2 Å². The number of nitrogens with zero attached hydrogens (tertiary/aromatic N) is 3. The molecule has 8 heteroatoms. The minimum atomic E-state index is -0.420. The lowest BCUT2D eigenvalue weighted by atomic mass is 9.91. The first-order valence-electron chi connectivity index (χ1n) is 9.47. The second-order valence-electron chi connectivity index (χ2n) is 7.11. The summed E-state index contributed by atoms with van der Waals surface area (Å²) in [5.74, 6) is -0.0432. The van der Waals surface area contributed by atoms with Gasteiger partial charge in [-0.1, -0.05) is 26.2 Å². The zero-order valence-corrected chi connectivity index (χ0v) is 16.4. The van der Waals surface area contributed by atoms with Gasteiger partial charge in [-0.2, -0.15) is 0 Å². The number of piperidine rings is 1. The van der Waals surface area contributed by atoms with Gasteiger partial charge in [-0.25, -0.2) is 9.78 Å². The van der Waals surface area contributed by atoms with Crippen molar-refractivity contribution in [1.82, 2.24) is 14.8 Å². The molecule has 2 fully saturated rings. The Morgan fingerprint density at radius 1 is 1.35 bits per heavy atom. The fourth-order valence-electron chi connectivity index (χ4n) is 3.62. The van der Waals surface area contributed by atoms with Crippen molar-refractivity contribution >= 4 is 28.5 Å². The van der Waals surface area contributed by atoms with Crippen LogP contribution in [0.3, 0.4) is 0 Å². The third kappa shape index (κ3) is 4.11. The molecule has 1 aromatic heterocycles. The van der Waals surface area contributed by atoms with E-state index >= 15 is 0 Å². The van der Waals surface area contributed by atoms with Gasteiger partial charge in [0.2, 0.25) is 0 Å². The van der Waals surface area contributed by atoms with Crippen LogP contribution in [0, 0.1) is 0 Å². The van der Waals surface area contributed by atoms with Crippen LogP contribution in [-0.4, -0.2) is 65.6 Å². The number of rotatable bonds is 7. The molecule has 2 saturated heterocycles. The van der Waals surface area contributed by atoms with Gasteiger partial charge in [0.1, 0.15) is 11.3 Å². The van der Waals surface area contributed by atoms with Gasteiger partial charge in [0.15, 0.2) is 5.13 Å². The van der Waals surface area contributed by atoms with Crippen LogP contribution in [0.2, 0.25) is 0 Å². The molecule has 1 N–H and O–H groups in total. The largest absolute Gasteiger partial charge is 0.441 e. The lowest BCUT2D eigenvalue weighted by Crippen LogP contribution is -2.48. The molecule has 0 aliphatic carbocycles. The topological polar surface area (TPSA) is 74.8 Å². The van der Waals surface area contributed by atoms with Crippen molar-refractivity contribution in [2.24, 2.45) is 0 Å². The molecular formula is C18H28N4O3S. The normalized spacial score (nSPS) is 19.1. The van der Waals surface area contributed by atoms with Crippen molar-refractivity contribution in [2.45, 2.75) is 51.0 Å². The molecule has 7 nitrogen and oxygen atoms in total. The Bertz CT molecular complexity index is 640. The number of ether oxygens (including phenoxy) is 1. The molecule has 1 spiro atoms. The van der Waals surface area contributed by atoms with Gasteiger partial charge in [0.25, 0.3) is 5.91 Å². The van der Waals surface area contributed by atoms with E-state index in [1.54, 1.807) is 12.4 Å². The summed E-state index contributed by atoms with van der Waals surface area (Å²) < 4.78 is 5.74. The van der Waals surface area contributed by atoms with Crippen LogP contribution in [0.1, 0.15) is 55.9 Å². The number of hydrogen-bond acceptors (Lipinski definition) is 6. The van der Waals surface area contributed by atoms with Crippen LogP contribution in [0.5, 0.6) is 0 Å². The van der Waals surface area contributed by atoms with Crippen LogP contribution < -0.4 is 5.32 Å². The third-order valence-corrected chi connectivity index (χ3v) is 6.08. The van der Waals surface area contributed by atoms with Gasteiger partial charge in [-0.15, -0.1) is 11.3 Å². The Hall–Kier alpha value is -1.83. The lowest BCUT2D eigenvalue weighted by Gasteiger charge is -2.37. The molecule has 3 heterocycles. The number of nitrogens with one attached hydrogen (secondary N) is 1. The number of amides is 2. The second kappa shape index (κ2) is 8.24. The zero-order chi connectivity index (χ0) is 18.6. The summed E-state index contributed by atoms with van der Waals surface area (Å²) in [4.78, 5) is 32.7. The molecule has 0 saturated carbocycles. The number of thiazole rings is 1. The number of hydrogen-bond donors (Lipinski definition) is 1. The predicted molar refractivity (Wildman–Crippen MR) is 102 cm³/mol. The van der Waals surface area contributed by atoms with Crippen molar-refractivity contribution in [3.8, 4) is 0 Å². The number of carbonyl (C=O) groups excluding carboxylic acids is 2. The Morgan fingerprint density at radius 3 is 2.77 bits per heavy atom. The van der Waals surface area contributed by atoms with Gasteiger partial charge in [0.05, 0.1) is 6.54 Å². The maximum absolute atomic E-state index is 12.6. The lowest BCUT2D eigenvalue weighted by molar-refractivity contribution is 0.00299. The summed E-state index contributed by atoms with van der Waals surface area (Å²) in [7, 11) is 1.79. The Labute approximate surface area is 158 Å². The van der Waals surface area contributed by atoms with Crippen molar-refractivity contribution < 1.29 is 14.3 Å². The minimum absolute atomic E-state index is 0.0432. The fraction of sp³-hybridized carbons (Fsp3) is 0.722. The highest BCUT2D eigenvalue weighted by atomic mass is 32.1. The summed E-state index contributed by atoms with van der Waals surface area (Å²) in [5, 5.41) is 5.48. The first-order chi connectivity index (χ1) is 12.6. The molecule has 0 bridgehead atoms. The molecule has 0 atom stereocenters. The maximum atomic E-state index is 12.6. The van der Waals surface area contributed by atoms with Crippen LogP contribution in [-0.2, 0) is 4.74 Å². The fourth-order valence-corrected chi connectivity index (χ4v) is 4.27. The molecule has 1 aromatic rings. The van der Waals surface area contributed by atoms with Crippen LogP contribution in [0.25, 0.3) is 0 Å².